The Morgan fingerprint density at radius 3 is 2.33 bits per heavy atom. The van der Waals surface area contributed by atoms with E-state index in [2.05, 4.69) is 13.8 Å². The fourth-order valence-corrected chi connectivity index (χ4v) is 2.00. The van der Waals surface area contributed by atoms with Crippen LogP contribution in [0.15, 0.2) is 0 Å². The molecule has 1 fully saturated rings. The quantitative estimate of drug-likeness (QED) is 0.701. The van der Waals surface area contributed by atoms with Gasteiger partial charge in [0.2, 0.25) is 5.92 Å². The van der Waals surface area contributed by atoms with Gasteiger partial charge in [0.1, 0.15) is 5.78 Å². The molecule has 0 aliphatic heterocycles. The molecule has 0 heterocycles. The van der Waals surface area contributed by atoms with Gasteiger partial charge in [0.25, 0.3) is 0 Å². The number of rotatable bonds is 4. The average Bonchev–Trinajstić information content (AvgIpc) is 2.14. The van der Waals surface area contributed by atoms with Gasteiger partial charge in [0, 0.05) is 25.2 Å². The zero-order valence-corrected chi connectivity index (χ0v) is 9.56. The minimum atomic E-state index is -2.52. The maximum atomic E-state index is 12.8. The lowest BCUT2D eigenvalue weighted by atomic mass is 9.82. The van der Waals surface area contributed by atoms with Crippen molar-refractivity contribution in [3.63, 3.8) is 0 Å². The van der Waals surface area contributed by atoms with Gasteiger partial charge < -0.3 is 0 Å². The molecule has 88 valence electrons. The largest absolute Gasteiger partial charge is 0.299 e. The molecule has 15 heavy (non-hydrogen) atoms. The van der Waals surface area contributed by atoms with Crippen molar-refractivity contribution in [2.75, 3.05) is 0 Å². The second-order valence-corrected chi connectivity index (χ2v) is 5.03. The normalized spacial score (nSPS) is 21.9. The van der Waals surface area contributed by atoms with E-state index in [0.29, 0.717) is 25.2 Å². The van der Waals surface area contributed by atoms with E-state index in [9.17, 15) is 13.6 Å². The lowest BCUT2D eigenvalue weighted by Gasteiger charge is -2.27. The molecule has 1 rings (SSSR count). The van der Waals surface area contributed by atoms with Gasteiger partial charge in [-0.2, -0.15) is 0 Å². The fraction of sp³-hybridized carbons (Fsp3) is 0.917. The third-order valence-electron chi connectivity index (χ3n) is 3.14. The fourth-order valence-electron chi connectivity index (χ4n) is 2.00. The molecule has 3 heteroatoms. The Hall–Kier alpha value is -0.470. The first-order valence-electron chi connectivity index (χ1n) is 5.81. The summed E-state index contributed by atoms with van der Waals surface area (Å²) in [5.74, 6) is -1.91. The number of carbonyl (C=O) groups excluding carboxylic acids is 1. The van der Waals surface area contributed by atoms with Crippen molar-refractivity contribution in [1.82, 2.24) is 0 Å². The minimum Gasteiger partial charge on any atom is -0.299 e. The van der Waals surface area contributed by atoms with E-state index in [1.54, 1.807) is 0 Å². The van der Waals surface area contributed by atoms with Crippen LogP contribution in [0.5, 0.6) is 0 Å². The molecular formula is C12H20F2O. The Balaban J connectivity index is 2.30. The van der Waals surface area contributed by atoms with Crippen molar-refractivity contribution in [2.24, 2.45) is 11.8 Å². The molecule has 1 saturated carbocycles. The van der Waals surface area contributed by atoms with Crippen LogP contribution in [-0.4, -0.2) is 11.7 Å². The van der Waals surface area contributed by atoms with Crippen LogP contribution in [0.4, 0.5) is 8.78 Å². The molecule has 0 aromatic rings. The van der Waals surface area contributed by atoms with E-state index >= 15 is 0 Å². The summed E-state index contributed by atoms with van der Waals surface area (Å²) < 4.78 is 25.7. The van der Waals surface area contributed by atoms with Gasteiger partial charge in [-0.15, -0.1) is 0 Å². The van der Waals surface area contributed by atoms with E-state index in [4.69, 9.17) is 0 Å². The molecule has 0 spiro atoms. The van der Waals surface area contributed by atoms with E-state index in [-0.39, 0.29) is 24.5 Å². The van der Waals surface area contributed by atoms with Crippen LogP contribution >= 0.6 is 0 Å². The topological polar surface area (TPSA) is 17.1 Å². The molecule has 0 N–H and O–H groups in total. The summed E-state index contributed by atoms with van der Waals surface area (Å²) in [6, 6.07) is 0. The highest BCUT2D eigenvalue weighted by molar-refractivity contribution is 5.81. The molecule has 0 radical (unpaired) electrons. The van der Waals surface area contributed by atoms with Crippen LogP contribution in [-0.2, 0) is 4.79 Å². The van der Waals surface area contributed by atoms with Crippen LogP contribution < -0.4 is 0 Å². The third kappa shape index (κ3) is 4.27. The summed E-state index contributed by atoms with van der Waals surface area (Å²) in [6.07, 6.45) is 1.99. The van der Waals surface area contributed by atoms with Gasteiger partial charge in [-0.3, -0.25) is 4.79 Å². The zero-order valence-electron chi connectivity index (χ0n) is 9.56. The number of hydrogen-bond acceptors (Lipinski definition) is 1. The summed E-state index contributed by atoms with van der Waals surface area (Å²) in [5, 5.41) is 0. The van der Waals surface area contributed by atoms with Crippen LogP contribution in [0, 0.1) is 11.8 Å². The highest BCUT2D eigenvalue weighted by atomic mass is 19.3. The zero-order chi connectivity index (χ0) is 11.5. The van der Waals surface area contributed by atoms with E-state index in [1.165, 1.54) is 0 Å². The number of alkyl halides is 2. The number of halogens is 2. The van der Waals surface area contributed by atoms with Crippen LogP contribution in [0.1, 0.15) is 52.4 Å². The number of Topliss-reactive ketones (excluding diaryl/α,β-unsaturated/α-hetero) is 1. The maximum Gasteiger partial charge on any atom is 0.248 e. The molecule has 0 atom stereocenters. The first-order valence-corrected chi connectivity index (χ1v) is 5.81. The Labute approximate surface area is 90.2 Å². The highest BCUT2D eigenvalue weighted by Gasteiger charge is 2.36. The van der Waals surface area contributed by atoms with E-state index in [0.717, 1.165) is 6.42 Å². The van der Waals surface area contributed by atoms with Crippen molar-refractivity contribution in [1.29, 1.82) is 0 Å². The number of hydrogen-bond donors (Lipinski definition) is 0. The molecule has 0 unspecified atom stereocenters. The first kappa shape index (κ1) is 12.6. The van der Waals surface area contributed by atoms with Crippen molar-refractivity contribution in [3.8, 4) is 0 Å². The molecule has 0 aromatic carbocycles. The molecule has 0 bridgehead atoms. The molecule has 1 aliphatic carbocycles. The van der Waals surface area contributed by atoms with Crippen molar-refractivity contribution >= 4 is 5.78 Å². The molecule has 0 aromatic heterocycles. The second kappa shape index (κ2) is 5.04. The number of carbonyl (C=O) groups is 1. The molecule has 0 amide bonds. The van der Waals surface area contributed by atoms with Crippen LogP contribution in [0.2, 0.25) is 0 Å². The van der Waals surface area contributed by atoms with E-state index < -0.39 is 5.92 Å². The summed E-state index contributed by atoms with van der Waals surface area (Å²) in [6.45, 7) is 4.14. The molecule has 0 saturated heterocycles. The van der Waals surface area contributed by atoms with Crippen molar-refractivity contribution in [3.05, 3.63) is 0 Å². The summed E-state index contributed by atoms with van der Waals surface area (Å²) in [5.41, 5.74) is 0. The van der Waals surface area contributed by atoms with Gasteiger partial charge in [-0.25, -0.2) is 8.78 Å². The third-order valence-corrected chi connectivity index (χ3v) is 3.14. The van der Waals surface area contributed by atoms with Gasteiger partial charge in [0.15, 0.2) is 0 Å². The first-order chi connectivity index (χ1) is 6.91. The van der Waals surface area contributed by atoms with E-state index in [1.807, 2.05) is 0 Å². The molecule has 1 aliphatic rings. The average molecular weight is 218 g/mol. The van der Waals surface area contributed by atoms with Gasteiger partial charge in [-0.05, 0) is 25.2 Å². The minimum absolute atomic E-state index is 0.0941. The van der Waals surface area contributed by atoms with Gasteiger partial charge in [0.05, 0.1) is 0 Å². The summed E-state index contributed by atoms with van der Waals surface area (Å²) in [7, 11) is 0. The van der Waals surface area contributed by atoms with Gasteiger partial charge in [-0.1, -0.05) is 13.8 Å². The maximum absolute atomic E-state index is 12.8. The van der Waals surface area contributed by atoms with Crippen LogP contribution in [0.25, 0.3) is 0 Å². The molecule has 1 nitrogen and oxygen atoms in total. The molecular weight excluding hydrogens is 198 g/mol. The highest BCUT2D eigenvalue weighted by Crippen LogP contribution is 2.37. The lowest BCUT2D eigenvalue weighted by Crippen LogP contribution is -2.28. The second-order valence-electron chi connectivity index (χ2n) is 5.03. The van der Waals surface area contributed by atoms with Crippen molar-refractivity contribution in [2.45, 2.75) is 58.3 Å². The Morgan fingerprint density at radius 1 is 1.33 bits per heavy atom. The Bertz CT molecular complexity index is 214. The van der Waals surface area contributed by atoms with Crippen LogP contribution in [0.3, 0.4) is 0 Å². The number of ketones is 1. The SMILES string of the molecule is CC(C)CCC(=O)C1CCC(F)(F)CC1. The monoisotopic (exact) mass is 218 g/mol. The summed E-state index contributed by atoms with van der Waals surface area (Å²) >= 11 is 0. The van der Waals surface area contributed by atoms with Crippen molar-refractivity contribution < 1.29 is 13.6 Å². The Kier molecular flexibility index (Phi) is 4.23. The Morgan fingerprint density at radius 2 is 1.87 bits per heavy atom. The lowest BCUT2D eigenvalue weighted by molar-refractivity contribution is -0.127. The predicted molar refractivity (Wildman–Crippen MR) is 56.0 cm³/mol. The summed E-state index contributed by atoms with van der Waals surface area (Å²) in [4.78, 5) is 11.7. The smallest absolute Gasteiger partial charge is 0.248 e. The predicted octanol–water partition coefficient (Wildman–Crippen LogP) is 3.82. The van der Waals surface area contributed by atoms with Gasteiger partial charge >= 0.3 is 0 Å². The standard InChI is InChI=1S/C12H20F2O/c1-9(2)3-4-11(15)10-5-7-12(13,14)8-6-10/h9-10H,3-8H2,1-2H3.